The van der Waals surface area contributed by atoms with Gasteiger partial charge in [0.05, 0.1) is 5.02 Å². The van der Waals surface area contributed by atoms with Gasteiger partial charge in [-0.05, 0) is 33.6 Å². The van der Waals surface area contributed by atoms with Crippen molar-refractivity contribution in [3.63, 3.8) is 0 Å². The van der Waals surface area contributed by atoms with E-state index in [-0.39, 0.29) is 0 Å². The molecule has 0 aromatic heterocycles. The molecule has 11 heavy (non-hydrogen) atoms. The van der Waals surface area contributed by atoms with Crippen LogP contribution in [0.25, 0.3) is 0 Å². The van der Waals surface area contributed by atoms with Gasteiger partial charge in [0.2, 0.25) is 0 Å². The van der Waals surface area contributed by atoms with Crippen molar-refractivity contribution < 1.29 is 0 Å². The second-order valence-corrected chi connectivity index (χ2v) is 4.37. The zero-order valence-electron chi connectivity index (χ0n) is 5.37. The van der Waals surface area contributed by atoms with E-state index in [1.54, 1.807) is 0 Å². The fraction of sp³-hybridized carbons (Fsp3) is 0.143. The monoisotopic (exact) mass is 316 g/mol. The molecule has 0 saturated heterocycles. The predicted molar refractivity (Wildman–Crippen MR) is 56.4 cm³/mol. The molecule has 0 amide bonds. The molecule has 0 unspecified atom stereocenters. The van der Waals surface area contributed by atoms with Crippen LogP contribution in [0.1, 0.15) is 5.56 Å². The van der Waals surface area contributed by atoms with Gasteiger partial charge in [0.15, 0.2) is 0 Å². The van der Waals surface area contributed by atoms with Crippen molar-refractivity contribution >= 4 is 55.1 Å². The van der Waals surface area contributed by atoms with Gasteiger partial charge in [0, 0.05) is 14.8 Å². The van der Waals surface area contributed by atoms with E-state index in [0.29, 0.717) is 10.9 Å². The van der Waals surface area contributed by atoms with Crippen LogP contribution in [0.15, 0.2) is 21.1 Å². The van der Waals surface area contributed by atoms with Gasteiger partial charge in [-0.15, -0.1) is 11.6 Å². The summed E-state index contributed by atoms with van der Waals surface area (Å²) < 4.78 is 1.85. The number of rotatable bonds is 1. The van der Waals surface area contributed by atoms with Crippen LogP contribution in [0.5, 0.6) is 0 Å². The third-order valence-corrected chi connectivity index (χ3v) is 3.46. The molecule has 0 aliphatic rings. The molecule has 0 bridgehead atoms. The van der Waals surface area contributed by atoms with Gasteiger partial charge >= 0.3 is 0 Å². The Kier molecular flexibility index (Phi) is 3.69. The molecule has 0 spiro atoms. The molecule has 0 N–H and O–H groups in total. The van der Waals surface area contributed by atoms with Crippen LogP contribution < -0.4 is 0 Å². The third-order valence-electron chi connectivity index (χ3n) is 1.23. The maximum Gasteiger partial charge on any atom is 0.0552 e. The van der Waals surface area contributed by atoms with Gasteiger partial charge in [-0.25, -0.2) is 0 Å². The molecule has 0 aliphatic heterocycles. The lowest BCUT2D eigenvalue weighted by atomic mass is 10.2. The van der Waals surface area contributed by atoms with E-state index >= 15 is 0 Å². The molecule has 0 saturated carbocycles. The lowest BCUT2D eigenvalue weighted by molar-refractivity contribution is 1.36. The van der Waals surface area contributed by atoms with Gasteiger partial charge in [-0.3, -0.25) is 0 Å². The molecule has 0 fully saturated rings. The van der Waals surface area contributed by atoms with Gasteiger partial charge in [-0.2, -0.15) is 0 Å². The fourth-order valence-corrected chi connectivity index (χ4v) is 2.37. The summed E-state index contributed by atoms with van der Waals surface area (Å²) >= 11 is 18.2. The Labute approximate surface area is 92.1 Å². The molecule has 0 radical (unpaired) electrons. The highest BCUT2D eigenvalue weighted by Gasteiger charge is 2.03. The quantitative estimate of drug-likeness (QED) is 0.524. The molecule has 0 nitrogen and oxygen atoms in total. The molecular weight excluding hydrogens is 315 g/mol. The summed E-state index contributed by atoms with van der Waals surface area (Å²) in [6.07, 6.45) is 0. The smallest absolute Gasteiger partial charge is 0.0552 e. The van der Waals surface area contributed by atoms with E-state index in [9.17, 15) is 0 Å². The Morgan fingerprint density at radius 1 is 1.18 bits per heavy atom. The highest BCUT2D eigenvalue weighted by atomic mass is 79.9. The first kappa shape index (κ1) is 9.85. The summed E-state index contributed by atoms with van der Waals surface area (Å²) in [4.78, 5) is 0. The zero-order valence-corrected chi connectivity index (χ0v) is 10.1. The van der Waals surface area contributed by atoms with Crippen molar-refractivity contribution in [3.8, 4) is 0 Å². The minimum atomic E-state index is 0.466. The van der Waals surface area contributed by atoms with Crippen LogP contribution >= 0.6 is 55.1 Å². The van der Waals surface area contributed by atoms with Crippen molar-refractivity contribution in [2.24, 2.45) is 0 Å². The zero-order chi connectivity index (χ0) is 8.43. The Morgan fingerprint density at radius 2 is 1.82 bits per heavy atom. The van der Waals surface area contributed by atoms with E-state index in [4.69, 9.17) is 23.2 Å². The minimum Gasteiger partial charge on any atom is -0.122 e. The number of halogens is 4. The number of benzene rings is 1. The summed E-state index contributed by atoms with van der Waals surface area (Å²) in [5, 5.41) is 0.684. The van der Waals surface area contributed by atoms with E-state index in [1.807, 2.05) is 12.1 Å². The summed E-state index contributed by atoms with van der Waals surface area (Å²) in [5.74, 6) is 0.466. The van der Waals surface area contributed by atoms with Crippen LogP contribution in [-0.4, -0.2) is 0 Å². The van der Waals surface area contributed by atoms with Crippen LogP contribution in [0.4, 0.5) is 0 Å². The first-order valence-corrected chi connectivity index (χ1v) is 5.34. The van der Waals surface area contributed by atoms with E-state index in [1.165, 1.54) is 0 Å². The van der Waals surface area contributed by atoms with Gasteiger partial charge < -0.3 is 0 Å². The molecule has 1 rings (SSSR count). The molecule has 0 atom stereocenters. The van der Waals surface area contributed by atoms with Crippen molar-refractivity contribution in [2.75, 3.05) is 0 Å². The molecule has 0 aliphatic carbocycles. The maximum absolute atomic E-state index is 5.84. The topological polar surface area (TPSA) is 0 Å². The second-order valence-electron chi connectivity index (χ2n) is 1.99. The van der Waals surface area contributed by atoms with Gasteiger partial charge in [-0.1, -0.05) is 27.5 Å². The average molecular weight is 319 g/mol. The molecule has 1 aromatic carbocycles. The Bertz CT molecular complexity index is 273. The Morgan fingerprint density at radius 3 is 2.36 bits per heavy atom. The summed E-state index contributed by atoms with van der Waals surface area (Å²) in [6, 6.07) is 3.72. The van der Waals surface area contributed by atoms with Crippen molar-refractivity contribution in [1.82, 2.24) is 0 Å². The predicted octanol–water partition coefficient (Wildman–Crippen LogP) is 4.60. The van der Waals surface area contributed by atoms with Crippen LogP contribution in [0, 0.1) is 0 Å². The first-order chi connectivity index (χ1) is 5.15. The highest BCUT2D eigenvalue weighted by Crippen LogP contribution is 2.30. The van der Waals surface area contributed by atoms with E-state index in [0.717, 1.165) is 14.5 Å². The molecule has 1 aromatic rings. The Hall–Kier alpha value is 0.760. The van der Waals surface area contributed by atoms with Crippen LogP contribution in [-0.2, 0) is 5.88 Å². The standard InChI is InChI=1S/C7H4Br2Cl2/c8-5-2-6(9)7(11)1-4(5)3-10/h1-2H,3H2. The van der Waals surface area contributed by atoms with Crippen LogP contribution in [0.3, 0.4) is 0 Å². The largest absolute Gasteiger partial charge is 0.122 e. The fourth-order valence-electron chi connectivity index (χ4n) is 0.666. The summed E-state index contributed by atoms with van der Waals surface area (Å²) in [7, 11) is 0. The SMILES string of the molecule is ClCc1cc(Cl)c(Br)cc1Br. The number of hydrogen-bond donors (Lipinski definition) is 0. The van der Waals surface area contributed by atoms with Gasteiger partial charge in [0.25, 0.3) is 0 Å². The first-order valence-electron chi connectivity index (χ1n) is 2.84. The van der Waals surface area contributed by atoms with Crippen molar-refractivity contribution in [2.45, 2.75) is 5.88 Å². The molecule has 4 heteroatoms. The summed E-state index contributed by atoms with van der Waals surface area (Å²) in [5.41, 5.74) is 1.000. The van der Waals surface area contributed by atoms with Gasteiger partial charge in [0.1, 0.15) is 0 Å². The van der Waals surface area contributed by atoms with E-state index in [2.05, 4.69) is 31.9 Å². The summed E-state index contributed by atoms with van der Waals surface area (Å²) in [6.45, 7) is 0. The van der Waals surface area contributed by atoms with Crippen molar-refractivity contribution in [3.05, 3.63) is 31.7 Å². The molecule has 60 valence electrons. The second kappa shape index (κ2) is 4.13. The highest BCUT2D eigenvalue weighted by molar-refractivity contribution is 9.11. The minimum absolute atomic E-state index is 0.466. The molecular formula is C7H4Br2Cl2. The van der Waals surface area contributed by atoms with E-state index < -0.39 is 0 Å². The Balaban J connectivity index is 3.21. The van der Waals surface area contributed by atoms with Crippen LogP contribution in [0.2, 0.25) is 5.02 Å². The third kappa shape index (κ3) is 2.35. The lowest BCUT2D eigenvalue weighted by Gasteiger charge is -2.02. The molecule has 0 heterocycles. The number of alkyl halides is 1. The normalized spacial score (nSPS) is 10.2. The maximum atomic E-state index is 5.84. The number of hydrogen-bond acceptors (Lipinski definition) is 0. The lowest BCUT2D eigenvalue weighted by Crippen LogP contribution is -1.81. The van der Waals surface area contributed by atoms with Crippen molar-refractivity contribution in [1.29, 1.82) is 0 Å². The average Bonchev–Trinajstić information content (AvgIpc) is 1.97.